The zero-order chi connectivity index (χ0) is 23.8. The molecule has 0 saturated heterocycles. The van der Waals surface area contributed by atoms with Crippen molar-refractivity contribution < 1.29 is 29.3 Å². The van der Waals surface area contributed by atoms with Gasteiger partial charge in [0.25, 0.3) is 0 Å². The fourth-order valence-corrected chi connectivity index (χ4v) is 6.84. The predicted molar refractivity (Wildman–Crippen MR) is 118 cm³/mol. The fourth-order valence-electron chi connectivity index (χ4n) is 6.84. The van der Waals surface area contributed by atoms with Crippen molar-refractivity contribution in [1.29, 1.82) is 0 Å². The molecule has 0 amide bonds. The van der Waals surface area contributed by atoms with Crippen LogP contribution in [0.3, 0.4) is 0 Å². The van der Waals surface area contributed by atoms with E-state index in [-0.39, 0.29) is 36.0 Å². The van der Waals surface area contributed by atoms with Crippen LogP contribution < -0.4 is 10.4 Å². The summed E-state index contributed by atoms with van der Waals surface area (Å²) in [5.74, 6) is -1.25. The fraction of sp³-hybridized carbons (Fsp3) is 0.560. The number of rotatable bonds is 2. The number of ketones is 1. The van der Waals surface area contributed by atoms with Crippen molar-refractivity contribution in [2.24, 2.45) is 22.7 Å². The van der Waals surface area contributed by atoms with Gasteiger partial charge in [-0.05, 0) is 49.7 Å². The van der Waals surface area contributed by atoms with Crippen LogP contribution in [0.4, 0.5) is 0 Å². The number of hydrogen-bond donors (Lipinski definition) is 3. The molecular weight excluding hydrogens is 426 g/mol. The first kappa shape index (κ1) is 22.3. The Balaban J connectivity index is 1.66. The first-order valence-corrected chi connectivity index (χ1v) is 11.3. The van der Waals surface area contributed by atoms with Gasteiger partial charge in [-0.2, -0.15) is 0 Å². The van der Waals surface area contributed by atoms with E-state index in [1.807, 2.05) is 6.92 Å². The van der Waals surface area contributed by atoms with E-state index < -0.39 is 46.0 Å². The van der Waals surface area contributed by atoms with Crippen molar-refractivity contribution in [2.75, 3.05) is 6.61 Å². The van der Waals surface area contributed by atoms with E-state index in [1.54, 1.807) is 38.4 Å². The number of fused-ring (bicyclic) bond motifs is 4. The minimum absolute atomic E-state index is 0.101. The standard InChI is InChI=1S/C25H29NO7/c1-23-7-4-17(28)24(2,12-27)16(23)11-18(29)25(3)21(23)20(30)19-15(33-25)10-14(32-22(19)31)13-5-8-26-9-6-13/h5-6,8-10,16-18,21,27-29H,4,7,11-12H2,1-3H3/t16?,17-,18-,21?,23-,24-,25+/m0/s1. The maximum absolute atomic E-state index is 13.9. The van der Waals surface area contributed by atoms with Crippen LogP contribution >= 0.6 is 0 Å². The van der Waals surface area contributed by atoms with Crippen LogP contribution in [0.25, 0.3) is 11.3 Å². The number of hydrogen-bond acceptors (Lipinski definition) is 8. The highest BCUT2D eigenvalue weighted by atomic mass is 16.5. The number of aliphatic hydroxyl groups excluding tert-OH is 3. The minimum Gasteiger partial charge on any atom is -0.483 e. The summed E-state index contributed by atoms with van der Waals surface area (Å²) in [5, 5.41) is 32.2. The van der Waals surface area contributed by atoms with Crippen molar-refractivity contribution >= 4 is 5.78 Å². The van der Waals surface area contributed by atoms with E-state index in [1.165, 1.54) is 6.07 Å². The van der Waals surface area contributed by atoms with Gasteiger partial charge in [-0.3, -0.25) is 9.78 Å². The molecular formula is C25H29NO7. The Morgan fingerprint density at radius 1 is 1.12 bits per heavy atom. The molecule has 0 aromatic carbocycles. The molecule has 2 fully saturated rings. The predicted octanol–water partition coefficient (Wildman–Crippen LogP) is 2.19. The van der Waals surface area contributed by atoms with Crippen molar-refractivity contribution in [3.05, 3.63) is 46.6 Å². The molecule has 176 valence electrons. The highest BCUT2D eigenvalue weighted by Crippen LogP contribution is 2.64. The monoisotopic (exact) mass is 455 g/mol. The lowest BCUT2D eigenvalue weighted by Gasteiger charge is -2.64. The van der Waals surface area contributed by atoms with Gasteiger partial charge in [0.1, 0.15) is 22.7 Å². The molecule has 5 rings (SSSR count). The number of Topliss-reactive ketones (excluding diaryl/α,β-unsaturated/α-hetero) is 1. The SMILES string of the molecule is C[C@]12CC[C@H](O)[C@@](C)(CO)C1C[C@H](O)[C@@]1(C)Oc3cc(-c4ccncc4)oc(=O)c3C(=O)C21. The van der Waals surface area contributed by atoms with Crippen LogP contribution in [-0.4, -0.2) is 50.5 Å². The first-order valence-electron chi connectivity index (χ1n) is 11.3. The Kier molecular flexibility index (Phi) is 4.87. The summed E-state index contributed by atoms with van der Waals surface area (Å²) < 4.78 is 11.8. The molecule has 3 heterocycles. The number of ether oxygens (including phenoxy) is 1. The zero-order valence-electron chi connectivity index (χ0n) is 18.9. The van der Waals surface area contributed by atoms with Crippen LogP contribution in [0, 0.1) is 22.7 Å². The summed E-state index contributed by atoms with van der Waals surface area (Å²) in [5.41, 5.74) is -3.17. The van der Waals surface area contributed by atoms with Crippen LogP contribution in [0.5, 0.6) is 5.75 Å². The second-order valence-electron chi connectivity index (χ2n) is 10.5. The zero-order valence-corrected chi connectivity index (χ0v) is 18.9. The van der Waals surface area contributed by atoms with Gasteiger partial charge in [-0.25, -0.2) is 4.79 Å². The number of aliphatic hydroxyl groups is 3. The van der Waals surface area contributed by atoms with E-state index >= 15 is 0 Å². The smallest absolute Gasteiger partial charge is 0.351 e. The van der Waals surface area contributed by atoms with Gasteiger partial charge in [0.15, 0.2) is 5.78 Å². The second-order valence-corrected chi connectivity index (χ2v) is 10.5. The highest BCUT2D eigenvalue weighted by molar-refractivity contribution is 6.02. The molecule has 0 bridgehead atoms. The van der Waals surface area contributed by atoms with E-state index in [4.69, 9.17) is 9.15 Å². The molecule has 2 aromatic rings. The van der Waals surface area contributed by atoms with E-state index in [0.29, 0.717) is 18.4 Å². The van der Waals surface area contributed by atoms with Gasteiger partial charge in [0.2, 0.25) is 0 Å². The number of pyridine rings is 1. The third kappa shape index (κ3) is 2.90. The van der Waals surface area contributed by atoms with E-state index in [2.05, 4.69) is 4.98 Å². The molecule has 2 aromatic heterocycles. The van der Waals surface area contributed by atoms with Gasteiger partial charge in [-0.1, -0.05) is 13.8 Å². The van der Waals surface area contributed by atoms with Crippen molar-refractivity contribution in [3.8, 4) is 17.1 Å². The van der Waals surface area contributed by atoms with Gasteiger partial charge in [0, 0.05) is 29.4 Å². The average Bonchev–Trinajstić information content (AvgIpc) is 2.78. The van der Waals surface area contributed by atoms with Crippen LogP contribution in [-0.2, 0) is 0 Å². The molecule has 8 nitrogen and oxygen atoms in total. The van der Waals surface area contributed by atoms with E-state index in [9.17, 15) is 24.9 Å². The topological polar surface area (TPSA) is 130 Å². The Morgan fingerprint density at radius 3 is 2.48 bits per heavy atom. The Labute approximate surface area is 191 Å². The molecule has 3 N–H and O–H groups in total. The molecule has 2 saturated carbocycles. The molecule has 8 heteroatoms. The maximum atomic E-state index is 13.9. The number of carbonyl (C=O) groups excluding carboxylic acids is 1. The number of aromatic nitrogens is 1. The molecule has 33 heavy (non-hydrogen) atoms. The second kappa shape index (κ2) is 7.22. The highest BCUT2D eigenvalue weighted by Gasteiger charge is 2.69. The lowest BCUT2D eigenvalue weighted by atomic mass is 9.43. The Bertz CT molecular complexity index is 1160. The largest absolute Gasteiger partial charge is 0.483 e. The van der Waals surface area contributed by atoms with Crippen molar-refractivity contribution in [2.45, 2.75) is 57.8 Å². The lowest BCUT2D eigenvalue weighted by Crippen LogP contribution is -2.71. The molecule has 2 aliphatic carbocycles. The Hall–Kier alpha value is -2.55. The third-order valence-electron chi connectivity index (χ3n) is 8.72. The lowest BCUT2D eigenvalue weighted by molar-refractivity contribution is -0.226. The van der Waals surface area contributed by atoms with Gasteiger partial charge < -0.3 is 24.5 Å². The van der Waals surface area contributed by atoms with Crippen LogP contribution in [0.2, 0.25) is 0 Å². The average molecular weight is 456 g/mol. The summed E-state index contributed by atoms with van der Waals surface area (Å²) in [4.78, 5) is 30.9. The van der Waals surface area contributed by atoms with Crippen LogP contribution in [0.1, 0.15) is 50.4 Å². The Morgan fingerprint density at radius 2 is 1.82 bits per heavy atom. The number of nitrogens with zero attached hydrogens (tertiary/aromatic N) is 1. The summed E-state index contributed by atoms with van der Waals surface area (Å²) in [6.45, 7) is 5.19. The molecule has 2 unspecified atom stereocenters. The molecule has 1 aliphatic heterocycles. The molecule has 7 atom stereocenters. The first-order chi connectivity index (χ1) is 15.6. The maximum Gasteiger partial charge on any atom is 0.351 e. The quantitative estimate of drug-likeness (QED) is 0.628. The van der Waals surface area contributed by atoms with Crippen molar-refractivity contribution in [1.82, 2.24) is 4.98 Å². The van der Waals surface area contributed by atoms with Gasteiger partial charge in [0.05, 0.1) is 24.7 Å². The van der Waals surface area contributed by atoms with E-state index in [0.717, 1.165) is 0 Å². The summed E-state index contributed by atoms with van der Waals surface area (Å²) in [7, 11) is 0. The normalized spacial score (nSPS) is 39.8. The molecule has 0 radical (unpaired) electrons. The summed E-state index contributed by atoms with van der Waals surface area (Å²) in [6.07, 6.45) is 2.52. The summed E-state index contributed by atoms with van der Waals surface area (Å²) in [6, 6.07) is 4.89. The molecule has 0 spiro atoms. The summed E-state index contributed by atoms with van der Waals surface area (Å²) >= 11 is 0. The molecule has 3 aliphatic rings. The third-order valence-corrected chi connectivity index (χ3v) is 8.72. The van der Waals surface area contributed by atoms with Crippen LogP contribution in [0.15, 0.2) is 39.8 Å². The van der Waals surface area contributed by atoms with Crippen molar-refractivity contribution in [3.63, 3.8) is 0 Å². The number of carbonyl (C=O) groups is 1. The van der Waals surface area contributed by atoms with Gasteiger partial charge in [-0.15, -0.1) is 0 Å². The minimum atomic E-state index is -1.27. The van der Waals surface area contributed by atoms with Gasteiger partial charge >= 0.3 is 5.63 Å².